The summed E-state index contributed by atoms with van der Waals surface area (Å²) in [4.78, 5) is 4.28. The first-order valence-corrected chi connectivity index (χ1v) is 7.27. The molecule has 1 atom stereocenters. The summed E-state index contributed by atoms with van der Waals surface area (Å²) < 4.78 is 30.5. The molecule has 3 rings (SSSR count). The fourth-order valence-electron chi connectivity index (χ4n) is 2.15. The van der Waals surface area contributed by atoms with Crippen molar-refractivity contribution in [2.45, 2.75) is 19.1 Å². The Balaban J connectivity index is 1.59. The maximum atomic E-state index is 12.4. The summed E-state index contributed by atoms with van der Waals surface area (Å²) in [6.45, 7) is 0.274. The highest BCUT2D eigenvalue weighted by Gasteiger charge is 2.18. The van der Waals surface area contributed by atoms with Crippen molar-refractivity contribution in [2.75, 3.05) is 0 Å². The van der Waals surface area contributed by atoms with Crippen LogP contribution >= 0.6 is 0 Å². The Hall–Kier alpha value is -2.80. The molecule has 0 aliphatic carbocycles. The van der Waals surface area contributed by atoms with E-state index in [0.717, 1.165) is 17.0 Å². The molecule has 3 aromatic rings. The average Bonchev–Trinajstić information content (AvgIpc) is 3.15. The number of hydrogen-bond acceptors (Lipinski definition) is 4. The van der Waals surface area contributed by atoms with Gasteiger partial charge in [-0.15, -0.1) is 0 Å². The molecule has 7 heteroatoms. The number of aliphatic hydroxyl groups is 1. The molecule has 0 aliphatic rings. The van der Waals surface area contributed by atoms with Crippen LogP contribution in [0.2, 0.25) is 0 Å². The van der Waals surface area contributed by atoms with Crippen molar-refractivity contribution in [3.05, 3.63) is 66.0 Å². The summed E-state index contributed by atoms with van der Waals surface area (Å²) in [5.41, 5.74) is 2.55. The average molecular weight is 331 g/mol. The summed E-state index contributed by atoms with van der Waals surface area (Å²) in [5.74, 6) is 0.593. The van der Waals surface area contributed by atoms with Gasteiger partial charge >= 0.3 is 0 Å². The summed E-state index contributed by atoms with van der Waals surface area (Å²) in [6.07, 6.45) is -1.31. The number of ether oxygens (including phenoxy) is 1. The molecule has 0 amide bonds. The summed E-state index contributed by atoms with van der Waals surface area (Å²) in [6, 6.07) is 11.6. The first-order valence-electron chi connectivity index (χ1n) is 7.27. The van der Waals surface area contributed by atoms with Gasteiger partial charge < -0.3 is 9.84 Å². The van der Waals surface area contributed by atoms with Gasteiger partial charge in [0.2, 0.25) is 0 Å². The number of aromatic nitrogens is 3. The zero-order valence-corrected chi connectivity index (χ0v) is 12.6. The zero-order valence-electron chi connectivity index (χ0n) is 12.6. The summed E-state index contributed by atoms with van der Waals surface area (Å²) in [7, 11) is 0. The molecule has 2 aromatic heterocycles. The van der Waals surface area contributed by atoms with Crippen molar-refractivity contribution in [3.8, 4) is 17.1 Å². The highest BCUT2D eigenvalue weighted by Crippen LogP contribution is 2.21. The molecule has 24 heavy (non-hydrogen) atoms. The first kappa shape index (κ1) is 16.1. The van der Waals surface area contributed by atoms with Crippen LogP contribution in [0.5, 0.6) is 5.75 Å². The number of nitrogens with one attached hydrogen (secondary N) is 1. The summed E-state index contributed by atoms with van der Waals surface area (Å²) >= 11 is 0. The highest BCUT2D eigenvalue weighted by molar-refractivity contribution is 5.53. The lowest BCUT2D eigenvalue weighted by atomic mass is 10.1. The fraction of sp³-hybridized carbons (Fsp3) is 0.176. The van der Waals surface area contributed by atoms with E-state index >= 15 is 0 Å². The quantitative estimate of drug-likeness (QED) is 0.727. The van der Waals surface area contributed by atoms with Gasteiger partial charge in [0.15, 0.2) is 0 Å². The molecule has 5 nitrogen and oxygen atoms in total. The Labute approximate surface area is 136 Å². The lowest BCUT2D eigenvalue weighted by molar-refractivity contribution is -0.00579. The Morgan fingerprint density at radius 1 is 1.08 bits per heavy atom. The van der Waals surface area contributed by atoms with Crippen molar-refractivity contribution < 1.29 is 18.6 Å². The molecule has 0 radical (unpaired) electrons. The molecule has 0 saturated carbocycles. The van der Waals surface area contributed by atoms with Crippen LogP contribution in [0.3, 0.4) is 0 Å². The topological polar surface area (TPSA) is 71.0 Å². The van der Waals surface area contributed by atoms with E-state index in [4.69, 9.17) is 4.74 Å². The van der Waals surface area contributed by atoms with Crippen molar-refractivity contribution in [3.63, 3.8) is 0 Å². The third kappa shape index (κ3) is 3.75. The van der Waals surface area contributed by atoms with Crippen LogP contribution < -0.4 is 4.74 Å². The second-order valence-electron chi connectivity index (χ2n) is 5.16. The van der Waals surface area contributed by atoms with Gasteiger partial charge in [-0.3, -0.25) is 10.1 Å². The number of benzene rings is 1. The Kier molecular flexibility index (Phi) is 4.81. The van der Waals surface area contributed by atoms with Crippen LogP contribution in [-0.4, -0.2) is 26.7 Å². The van der Waals surface area contributed by atoms with E-state index < -0.39 is 12.5 Å². The van der Waals surface area contributed by atoms with Crippen molar-refractivity contribution in [2.24, 2.45) is 0 Å². The van der Waals surface area contributed by atoms with E-state index in [1.54, 1.807) is 30.6 Å². The van der Waals surface area contributed by atoms with Gasteiger partial charge in [-0.2, -0.15) is 5.10 Å². The Bertz CT molecular complexity index is 760. The van der Waals surface area contributed by atoms with Gasteiger partial charge in [-0.05, 0) is 29.3 Å². The lowest BCUT2D eigenvalue weighted by Crippen LogP contribution is -2.08. The number of aromatic amines is 1. The minimum Gasteiger partial charge on any atom is -0.487 e. The maximum absolute atomic E-state index is 12.4. The molecular formula is C17H15F2N3O2. The number of halogens is 2. The molecule has 0 fully saturated rings. The molecule has 124 valence electrons. The van der Waals surface area contributed by atoms with E-state index in [1.165, 1.54) is 12.1 Å². The highest BCUT2D eigenvalue weighted by atomic mass is 19.3. The second-order valence-corrected chi connectivity index (χ2v) is 5.16. The van der Waals surface area contributed by atoms with Crippen molar-refractivity contribution in [1.29, 1.82) is 0 Å². The lowest BCUT2D eigenvalue weighted by Gasteiger charge is -2.11. The molecular weight excluding hydrogens is 316 g/mol. The zero-order chi connectivity index (χ0) is 16.9. The van der Waals surface area contributed by atoms with Crippen LogP contribution in [-0.2, 0) is 6.61 Å². The second kappa shape index (κ2) is 7.18. The van der Waals surface area contributed by atoms with Gasteiger partial charge in [-0.25, -0.2) is 8.78 Å². The van der Waals surface area contributed by atoms with E-state index in [0.29, 0.717) is 5.75 Å². The molecule has 0 aliphatic heterocycles. The monoisotopic (exact) mass is 331 g/mol. The van der Waals surface area contributed by atoms with Gasteiger partial charge in [0.25, 0.3) is 6.43 Å². The number of nitrogens with zero attached hydrogens (tertiary/aromatic N) is 2. The number of alkyl halides is 2. The van der Waals surface area contributed by atoms with Crippen LogP contribution in [0, 0.1) is 0 Å². The van der Waals surface area contributed by atoms with E-state index in [-0.39, 0.29) is 12.2 Å². The van der Waals surface area contributed by atoms with Crippen LogP contribution in [0.25, 0.3) is 11.4 Å². The molecule has 0 spiro atoms. The van der Waals surface area contributed by atoms with Crippen LogP contribution in [0.4, 0.5) is 8.78 Å². The molecule has 1 aromatic carbocycles. The number of rotatable bonds is 6. The standard InChI is InChI=1S/C17H15F2N3O2/c18-17(19)16(23)12-3-1-11(2-4-12)10-24-13-5-6-14(20-9-13)15-7-8-21-22-15/h1-9,16-17,23H,10H2,(H,21,22). The number of pyridine rings is 1. The number of H-pyrrole nitrogens is 1. The van der Waals surface area contributed by atoms with Gasteiger partial charge in [0, 0.05) is 6.20 Å². The minimum atomic E-state index is -2.80. The molecule has 1 unspecified atom stereocenters. The predicted octanol–water partition coefficient (Wildman–Crippen LogP) is 3.35. The SMILES string of the molecule is OC(c1ccc(COc2ccc(-c3ccn[nH]3)nc2)cc1)C(F)F. The number of aliphatic hydroxyl groups excluding tert-OH is 1. The smallest absolute Gasteiger partial charge is 0.268 e. The largest absolute Gasteiger partial charge is 0.487 e. The molecule has 2 N–H and O–H groups in total. The van der Waals surface area contributed by atoms with E-state index in [1.807, 2.05) is 12.1 Å². The predicted molar refractivity (Wildman–Crippen MR) is 83.6 cm³/mol. The summed E-state index contributed by atoms with van der Waals surface area (Å²) in [5, 5.41) is 16.0. The molecule has 0 bridgehead atoms. The van der Waals surface area contributed by atoms with Crippen LogP contribution in [0.15, 0.2) is 54.9 Å². The fourth-order valence-corrected chi connectivity index (χ4v) is 2.15. The van der Waals surface area contributed by atoms with E-state index in [9.17, 15) is 13.9 Å². The minimum absolute atomic E-state index is 0.180. The van der Waals surface area contributed by atoms with Gasteiger partial charge in [0.05, 0.1) is 17.6 Å². The van der Waals surface area contributed by atoms with Crippen LogP contribution in [0.1, 0.15) is 17.2 Å². The normalized spacial score (nSPS) is 12.3. The number of hydrogen-bond donors (Lipinski definition) is 2. The van der Waals surface area contributed by atoms with Gasteiger partial charge in [0.1, 0.15) is 18.5 Å². The van der Waals surface area contributed by atoms with Crippen molar-refractivity contribution >= 4 is 0 Å². The third-order valence-corrected chi connectivity index (χ3v) is 3.48. The van der Waals surface area contributed by atoms with Gasteiger partial charge in [-0.1, -0.05) is 24.3 Å². The molecule has 0 saturated heterocycles. The molecule has 2 heterocycles. The third-order valence-electron chi connectivity index (χ3n) is 3.48. The Morgan fingerprint density at radius 2 is 1.88 bits per heavy atom. The van der Waals surface area contributed by atoms with E-state index in [2.05, 4.69) is 15.2 Å². The Morgan fingerprint density at radius 3 is 2.46 bits per heavy atom. The first-order chi connectivity index (χ1) is 11.6. The van der Waals surface area contributed by atoms with Crippen molar-refractivity contribution in [1.82, 2.24) is 15.2 Å². The maximum Gasteiger partial charge on any atom is 0.268 e.